The average Bonchev–Trinajstić information content (AvgIpc) is 1.64. The molecular formula is C4H8O4S. The monoisotopic (exact) mass is 152 g/mol. The van der Waals surface area contributed by atoms with Crippen LogP contribution in [0.2, 0.25) is 0 Å². The number of carbonyl (C=O) groups excluding carboxylic acids is 2. The Balaban J connectivity index is 3.68. The van der Waals surface area contributed by atoms with Gasteiger partial charge >= 0.3 is 0 Å². The molecule has 0 aliphatic rings. The predicted octanol–water partition coefficient (Wildman–Crippen LogP) is 0.135. The number of rotatable bonds is 4. The quantitative estimate of drug-likeness (QED) is 0.562. The zero-order valence-electron chi connectivity index (χ0n) is 4.69. The van der Waals surface area contributed by atoms with E-state index in [1.807, 2.05) is 0 Å². The molecule has 0 unspecified atom stereocenters. The van der Waals surface area contributed by atoms with Crippen molar-refractivity contribution in [1.82, 2.24) is 0 Å². The van der Waals surface area contributed by atoms with Crippen molar-refractivity contribution in [2.45, 2.75) is 0 Å². The Bertz CT molecular complexity index is 99.1. The molecule has 5 heteroatoms. The van der Waals surface area contributed by atoms with Crippen LogP contribution in [0.4, 0.5) is 0 Å². The van der Waals surface area contributed by atoms with Crippen molar-refractivity contribution in [3.8, 4) is 0 Å². The number of hydrogen-bond acceptors (Lipinski definition) is 4. The largest absolute Gasteiger partial charge is 0.302 e. The molecule has 0 fully saturated rings. The molecule has 0 bridgehead atoms. The van der Waals surface area contributed by atoms with Gasteiger partial charge in [0.2, 0.25) is 0 Å². The molecule has 0 aliphatic carbocycles. The Hall–Kier alpha value is -0.390. The average molecular weight is 152 g/mol. The number of carbonyl (C=O) groups is 2. The minimum atomic E-state index is -2.92. The molecule has 0 aromatic carbocycles. The summed E-state index contributed by atoms with van der Waals surface area (Å²) in [6, 6.07) is 0. The minimum absolute atomic E-state index is 0.342. The van der Waals surface area contributed by atoms with Crippen LogP contribution < -0.4 is 0 Å². The molecule has 0 amide bonds. The highest BCUT2D eigenvalue weighted by molar-refractivity contribution is 8.25. The summed E-state index contributed by atoms with van der Waals surface area (Å²) in [5, 5.41) is 0. The predicted molar refractivity (Wildman–Crippen MR) is 34.7 cm³/mol. The van der Waals surface area contributed by atoms with Crippen molar-refractivity contribution in [1.29, 1.82) is 0 Å². The SMILES string of the molecule is O=CCS(O)(O)CC=O. The van der Waals surface area contributed by atoms with Gasteiger partial charge in [-0.05, 0) is 0 Å². The fraction of sp³-hybridized carbons (Fsp3) is 0.500. The van der Waals surface area contributed by atoms with E-state index in [4.69, 9.17) is 9.11 Å². The molecule has 0 aliphatic heterocycles. The van der Waals surface area contributed by atoms with E-state index in [9.17, 15) is 9.59 Å². The fourth-order valence-corrected chi connectivity index (χ4v) is 0.858. The van der Waals surface area contributed by atoms with Crippen molar-refractivity contribution < 1.29 is 18.7 Å². The van der Waals surface area contributed by atoms with Gasteiger partial charge in [0.25, 0.3) is 0 Å². The first-order valence-electron chi connectivity index (χ1n) is 2.23. The van der Waals surface area contributed by atoms with Crippen molar-refractivity contribution in [3.63, 3.8) is 0 Å². The third-order valence-electron chi connectivity index (χ3n) is 0.670. The van der Waals surface area contributed by atoms with Crippen molar-refractivity contribution in [2.75, 3.05) is 11.5 Å². The van der Waals surface area contributed by atoms with Crippen LogP contribution in [0.25, 0.3) is 0 Å². The lowest BCUT2D eigenvalue weighted by atomic mass is 10.9. The van der Waals surface area contributed by atoms with E-state index in [-0.39, 0.29) is 11.5 Å². The standard InChI is InChI=1S/C4H8O4S/c5-1-3-9(7,8)4-2-6/h1-2,7-8H,3-4H2. The summed E-state index contributed by atoms with van der Waals surface area (Å²) in [7, 11) is -2.92. The second-order valence-electron chi connectivity index (χ2n) is 1.47. The lowest BCUT2D eigenvalue weighted by molar-refractivity contribution is -0.106. The Morgan fingerprint density at radius 2 is 1.44 bits per heavy atom. The third kappa shape index (κ3) is 4.14. The molecule has 4 nitrogen and oxygen atoms in total. The van der Waals surface area contributed by atoms with Gasteiger partial charge in [0.1, 0.15) is 12.6 Å². The summed E-state index contributed by atoms with van der Waals surface area (Å²) in [5.74, 6) is -0.683. The first-order chi connectivity index (χ1) is 4.12. The summed E-state index contributed by atoms with van der Waals surface area (Å²) in [6.45, 7) is 0. The molecule has 0 saturated carbocycles. The molecule has 0 saturated heterocycles. The Morgan fingerprint density at radius 1 is 1.11 bits per heavy atom. The molecule has 0 aromatic rings. The molecule has 0 atom stereocenters. The zero-order valence-corrected chi connectivity index (χ0v) is 5.50. The fourth-order valence-electron chi connectivity index (χ4n) is 0.286. The normalized spacial score (nSPS) is 12.7. The molecule has 9 heavy (non-hydrogen) atoms. The van der Waals surface area contributed by atoms with E-state index in [1.165, 1.54) is 0 Å². The Labute approximate surface area is 54.2 Å². The van der Waals surface area contributed by atoms with Crippen LogP contribution >= 0.6 is 10.6 Å². The lowest BCUT2D eigenvalue weighted by Crippen LogP contribution is -2.08. The van der Waals surface area contributed by atoms with Gasteiger partial charge in [-0.15, -0.1) is 0 Å². The van der Waals surface area contributed by atoms with Crippen molar-refractivity contribution in [3.05, 3.63) is 0 Å². The van der Waals surface area contributed by atoms with Crippen LogP contribution in [-0.2, 0) is 9.59 Å². The van der Waals surface area contributed by atoms with Gasteiger partial charge in [-0.2, -0.15) is 10.6 Å². The smallest absolute Gasteiger partial charge is 0.138 e. The van der Waals surface area contributed by atoms with Gasteiger partial charge in [-0.1, -0.05) is 0 Å². The van der Waals surface area contributed by atoms with E-state index in [1.54, 1.807) is 0 Å². The second kappa shape index (κ2) is 3.60. The highest BCUT2D eigenvalue weighted by Gasteiger charge is 2.08. The van der Waals surface area contributed by atoms with Crippen LogP contribution in [0.5, 0.6) is 0 Å². The summed E-state index contributed by atoms with van der Waals surface area (Å²) >= 11 is 0. The molecule has 0 heterocycles. The molecule has 0 radical (unpaired) electrons. The van der Waals surface area contributed by atoms with Gasteiger partial charge in [0, 0.05) is 0 Å². The van der Waals surface area contributed by atoms with Gasteiger partial charge in [0.05, 0.1) is 11.5 Å². The van der Waals surface area contributed by atoms with E-state index >= 15 is 0 Å². The second-order valence-corrected chi connectivity index (χ2v) is 3.74. The zero-order chi connectivity index (χ0) is 7.33. The summed E-state index contributed by atoms with van der Waals surface area (Å²) < 4.78 is 17.4. The molecule has 0 rings (SSSR count). The maximum Gasteiger partial charge on any atom is 0.138 e. The van der Waals surface area contributed by atoms with E-state index in [0.717, 1.165) is 0 Å². The van der Waals surface area contributed by atoms with Crippen LogP contribution in [0.15, 0.2) is 0 Å². The van der Waals surface area contributed by atoms with Crippen LogP contribution in [0, 0.1) is 0 Å². The topological polar surface area (TPSA) is 74.6 Å². The van der Waals surface area contributed by atoms with E-state index < -0.39 is 10.6 Å². The van der Waals surface area contributed by atoms with E-state index in [0.29, 0.717) is 12.6 Å². The van der Waals surface area contributed by atoms with Crippen molar-refractivity contribution >= 4 is 23.2 Å². The van der Waals surface area contributed by atoms with Gasteiger partial charge in [0.15, 0.2) is 0 Å². The van der Waals surface area contributed by atoms with Crippen LogP contribution in [0.3, 0.4) is 0 Å². The third-order valence-corrected chi connectivity index (χ3v) is 2.01. The highest BCUT2D eigenvalue weighted by Crippen LogP contribution is 2.35. The van der Waals surface area contributed by atoms with Gasteiger partial charge in [-0.25, -0.2) is 0 Å². The lowest BCUT2D eigenvalue weighted by Gasteiger charge is -2.26. The molecule has 2 N–H and O–H groups in total. The van der Waals surface area contributed by atoms with Crippen LogP contribution in [0.1, 0.15) is 0 Å². The molecular weight excluding hydrogens is 144 g/mol. The van der Waals surface area contributed by atoms with Gasteiger partial charge < -0.3 is 9.59 Å². The molecule has 0 spiro atoms. The minimum Gasteiger partial charge on any atom is -0.302 e. The number of aldehydes is 2. The Morgan fingerprint density at radius 3 is 1.67 bits per heavy atom. The summed E-state index contributed by atoms with van der Waals surface area (Å²) in [6.07, 6.45) is 0.775. The number of hydrogen-bond donors (Lipinski definition) is 2. The first kappa shape index (κ1) is 8.61. The summed E-state index contributed by atoms with van der Waals surface area (Å²) in [5.41, 5.74) is 0. The molecule has 54 valence electrons. The van der Waals surface area contributed by atoms with Crippen LogP contribution in [-0.4, -0.2) is 33.2 Å². The maximum atomic E-state index is 9.68. The maximum absolute atomic E-state index is 9.68. The Kier molecular flexibility index (Phi) is 3.44. The highest BCUT2D eigenvalue weighted by atomic mass is 32.3. The van der Waals surface area contributed by atoms with Crippen molar-refractivity contribution in [2.24, 2.45) is 0 Å². The summed E-state index contributed by atoms with van der Waals surface area (Å²) in [4.78, 5) is 19.4. The van der Waals surface area contributed by atoms with E-state index in [2.05, 4.69) is 0 Å². The van der Waals surface area contributed by atoms with Gasteiger partial charge in [-0.3, -0.25) is 9.11 Å². The molecule has 0 aromatic heterocycles. The first-order valence-corrected chi connectivity index (χ1v) is 4.12.